The summed E-state index contributed by atoms with van der Waals surface area (Å²) >= 11 is 0. The molecule has 2 aliphatic rings. The molecule has 1 aromatic carbocycles. The van der Waals surface area contributed by atoms with Crippen molar-refractivity contribution in [3.8, 4) is 11.4 Å². The molecule has 2 aromatic rings. The topological polar surface area (TPSA) is 92.0 Å². The van der Waals surface area contributed by atoms with Crippen molar-refractivity contribution >= 4 is 12.1 Å². The summed E-state index contributed by atoms with van der Waals surface area (Å²) in [6, 6.07) is 7.08. The van der Waals surface area contributed by atoms with Crippen LogP contribution in [0.3, 0.4) is 0 Å². The number of carbonyl (C=O) groups is 2. The van der Waals surface area contributed by atoms with Crippen molar-refractivity contribution in [2.45, 2.75) is 65.3 Å². The fourth-order valence-electron chi connectivity index (χ4n) is 3.64. The molecular weight excluding hydrogens is 414 g/mol. The van der Waals surface area contributed by atoms with Gasteiger partial charge < -0.3 is 19.1 Å². The van der Waals surface area contributed by atoms with Crippen LogP contribution >= 0.6 is 0 Å². The summed E-state index contributed by atoms with van der Waals surface area (Å²) in [6.07, 6.45) is 1.88. The van der Waals surface area contributed by atoms with Crippen LogP contribution in [-0.2, 0) is 22.6 Å². The predicted octanol–water partition coefficient (Wildman–Crippen LogP) is 3.11. The fraction of sp³-hybridized carbons (Fsp3) is 0.522. The van der Waals surface area contributed by atoms with Gasteiger partial charge in [-0.05, 0) is 64.8 Å². The van der Waals surface area contributed by atoms with Gasteiger partial charge in [-0.15, -0.1) is 0 Å². The van der Waals surface area contributed by atoms with Crippen molar-refractivity contribution in [3.63, 3.8) is 0 Å². The van der Waals surface area contributed by atoms with Crippen LogP contribution in [0.1, 0.15) is 56.7 Å². The van der Waals surface area contributed by atoms with E-state index in [2.05, 4.69) is 0 Å². The first-order chi connectivity index (χ1) is 15.2. The van der Waals surface area contributed by atoms with Gasteiger partial charge >= 0.3 is 17.8 Å². The van der Waals surface area contributed by atoms with Crippen LogP contribution in [0.4, 0.5) is 4.79 Å². The highest BCUT2D eigenvalue weighted by molar-refractivity contribution is 5.90. The van der Waals surface area contributed by atoms with Gasteiger partial charge in [0.25, 0.3) is 0 Å². The van der Waals surface area contributed by atoms with Crippen LogP contribution < -0.4 is 10.4 Å². The van der Waals surface area contributed by atoms with Gasteiger partial charge in [-0.25, -0.2) is 14.4 Å². The lowest BCUT2D eigenvalue weighted by atomic mass is 10.2. The van der Waals surface area contributed by atoms with Gasteiger partial charge in [-0.3, -0.25) is 9.13 Å². The molecule has 9 nitrogen and oxygen atoms in total. The Hall–Kier alpha value is -3.23. The quantitative estimate of drug-likeness (QED) is 0.660. The van der Waals surface area contributed by atoms with E-state index < -0.39 is 17.7 Å². The van der Waals surface area contributed by atoms with Crippen LogP contribution in [0.2, 0.25) is 0 Å². The molecule has 9 heteroatoms. The van der Waals surface area contributed by atoms with Crippen molar-refractivity contribution < 1.29 is 23.8 Å². The summed E-state index contributed by atoms with van der Waals surface area (Å²) < 4.78 is 19.4. The molecular formula is C23H29N3O6. The number of imidazole rings is 1. The van der Waals surface area contributed by atoms with Crippen LogP contribution in [0.5, 0.6) is 5.75 Å². The third-order valence-corrected chi connectivity index (χ3v) is 5.22. The van der Waals surface area contributed by atoms with Crippen molar-refractivity contribution in [2.75, 3.05) is 13.2 Å². The molecule has 4 rings (SSSR count). The molecule has 172 valence electrons. The molecule has 1 aliphatic heterocycles. The van der Waals surface area contributed by atoms with E-state index in [9.17, 15) is 14.4 Å². The van der Waals surface area contributed by atoms with E-state index in [-0.39, 0.29) is 37.2 Å². The van der Waals surface area contributed by atoms with Crippen LogP contribution in [0.15, 0.2) is 29.1 Å². The number of benzene rings is 1. The lowest BCUT2D eigenvalue weighted by Crippen LogP contribution is -2.43. The number of hydrogen-bond donors (Lipinski definition) is 0. The Morgan fingerprint density at radius 3 is 2.38 bits per heavy atom. The summed E-state index contributed by atoms with van der Waals surface area (Å²) in [7, 11) is 0. The van der Waals surface area contributed by atoms with Crippen molar-refractivity contribution in [3.05, 3.63) is 46.1 Å². The van der Waals surface area contributed by atoms with Crippen LogP contribution in [0, 0.1) is 0 Å². The molecule has 1 aliphatic carbocycles. The number of amides is 1. The lowest BCUT2D eigenvalue weighted by molar-refractivity contribution is 0.0193. The van der Waals surface area contributed by atoms with E-state index in [4.69, 9.17) is 14.2 Å². The van der Waals surface area contributed by atoms with E-state index in [1.807, 2.05) is 0 Å². The molecule has 0 atom stereocenters. The molecule has 1 saturated carbocycles. The Bertz CT molecular complexity index is 1070. The second kappa shape index (κ2) is 8.37. The summed E-state index contributed by atoms with van der Waals surface area (Å²) in [5.74, 6) is 0.116. The number of nitrogens with zero attached hydrogens (tertiary/aromatic N) is 3. The first kappa shape index (κ1) is 22.0. The van der Waals surface area contributed by atoms with Crippen LogP contribution in [-0.4, -0.2) is 51.0 Å². The Balaban J connectivity index is 1.71. The highest BCUT2D eigenvalue weighted by atomic mass is 16.6. The first-order valence-corrected chi connectivity index (χ1v) is 10.9. The molecule has 1 aromatic heterocycles. The largest absolute Gasteiger partial charge is 0.490 e. The smallest absolute Gasteiger partial charge is 0.410 e. The van der Waals surface area contributed by atoms with E-state index in [0.29, 0.717) is 17.9 Å². The first-order valence-electron chi connectivity index (χ1n) is 10.9. The number of carbonyl (C=O) groups excluding carboxylic acids is 2. The lowest BCUT2D eigenvalue weighted by Gasteiger charge is -2.30. The maximum absolute atomic E-state index is 13.3. The maximum atomic E-state index is 13.3. The number of aromatic nitrogens is 2. The molecule has 1 fully saturated rings. The number of hydrogen-bond acceptors (Lipinski definition) is 6. The van der Waals surface area contributed by atoms with Gasteiger partial charge in [0.1, 0.15) is 11.4 Å². The molecule has 0 radical (unpaired) electrons. The average molecular weight is 444 g/mol. The zero-order valence-corrected chi connectivity index (χ0v) is 18.9. The van der Waals surface area contributed by atoms with Crippen molar-refractivity contribution in [1.82, 2.24) is 14.0 Å². The van der Waals surface area contributed by atoms with Gasteiger partial charge in [-0.1, -0.05) is 0 Å². The third kappa shape index (κ3) is 4.51. The molecule has 1 amide bonds. The zero-order chi connectivity index (χ0) is 23.0. The number of ether oxygens (including phenoxy) is 3. The molecule has 0 spiro atoms. The van der Waals surface area contributed by atoms with E-state index >= 15 is 0 Å². The number of fused-ring (bicyclic) bond motifs is 1. The Morgan fingerprint density at radius 2 is 1.78 bits per heavy atom. The Morgan fingerprint density at radius 1 is 1.09 bits per heavy atom. The molecule has 0 N–H and O–H groups in total. The third-order valence-electron chi connectivity index (χ3n) is 5.22. The Labute approximate surface area is 186 Å². The monoisotopic (exact) mass is 443 g/mol. The summed E-state index contributed by atoms with van der Waals surface area (Å²) in [5.41, 5.74) is 0.105. The summed E-state index contributed by atoms with van der Waals surface area (Å²) in [4.78, 5) is 40.3. The number of esters is 1. The standard InChI is InChI=1S/C23H29N3O6/c1-5-30-20(27)19-18-14-24(22(29)32-23(2,3)4)12-13-25(18)21(28)26(19)15-6-8-16(9-7-15)31-17-10-11-17/h6-9,17H,5,10-14H2,1-4H3. The summed E-state index contributed by atoms with van der Waals surface area (Å²) in [5, 5.41) is 0. The average Bonchev–Trinajstić information content (AvgIpc) is 3.49. The molecule has 2 heterocycles. The van der Waals surface area contributed by atoms with E-state index in [0.717, 1.165) is 18.6 Å². The minimum atomic E-state index is -0.644. The highest BCUT2D eigenvalue weighted by Gasteiger charge is 2.34. The second-order valence-electron chi connectivity index (χ2n) is 9.00. The van der Waals surface area contributed by atoms with Gasteiger partial charge in [0.05, 0.1) is 30.6 Å². The normalized spacial score (nSPS) is 15.8. The summed E-state index contributed by atoms with van der Waals surface area (Å²) in [6.45, 7) is 7.90. The maximum Gasteiger partial charge on any atom is 0.410 e. The molecule has 0 saturated heterocycles. The predicted molar refractivity (Wildman–Crippen MR) is 116 cm³/mol. The fourth-order valence-corrected chi connectivity index (χ4v) is 3.64. The van der Waals surface area contributed by atoms with Crippen molar-refractivity contribution in [1.29, 1.82) is 0 Å². The molecule has 32 heavy (non-hydrogen) atoms. The van der Waals surface area contributed by atoms with Gasteiger partial charge in [-0.2, -0.15) is 0 Å². The number of rotatable bonds is 5. The van der Waals surface area contributed by atoms with E-state index in [1.165, 1.54) is 14.0 Å². The SMILES string of the molecule is CCOC(=O)c1c2n(c(=O)n1-c1ccc(OC3CC3)cc1)CCN(C(=O)OC(C)(C)C)C2. The second-order valence-corrected chi connectivity index (χ2v) is 9.00. The van der Waals surface area contributed by atoms with Gasteiger partial charge in [0.15, 0.2) is 5.69 Å². The molecule has 0 unspecified atom stereocenters. The minimum Gasteiger partial charge on any atom is -0.490 e. The van der Waals surface area contributed by atoms with Crippen molar-refractivity contribution in [2.24, 2.45) is 0 Å². The zero-order valence-electron chi connectivity index (χ0n) is 18.9. The Kier molecular flexibility index (Phi) is 5.75. The van der Waals surface area contributed by atoms with Gasteiger partial charge in [0.2, 0.25) is 0 Å². The van der Waals surface area contributed by atoms with E-state index in [1.54, 1.807) is 52.0 Å². The molecule has 0 bridgehead atoms. The van der Waals surface area contributed by atoms with Crippen LogP contribution in [0.25, 0.3) is 5.69 Å². The highest BCUT2D eigenvalue weighted by Crippen LogP contribution is 2.28. The minimum absolute atomic E-state index is 0.0776. The van der Waals surface area contributed by atoms with Gasteiger partial charge in [0, 0.05) is 13.1 Å².